The van der Waals surface area contributed by atoms with Crippen LogP contribution in [0.4, 0.5) is 11.5 Å². The Balaban J connectivity index is 1.65. The quantitative estimate of drug-likeness (QED) is 0.873. The van der Waals surface area contributed by atoms with E-state index < -0.39 is 0 Å². The molecule has 1 fully saturated rings. The number of benzene rings is 1. The number of aryl methyl sites for hydroxylation is 1. The van der Waals surface area contributed by atoms with Crippen LogP contribution in [0.25, 0.3) is 0 Å². The van der Waals surface area contributed by atoms with Crippen LogP contribution in [0.3, 0.4) is 0 Å². The van der Waals surface area contributed by atoms with Gasteiger partial charge in [0.25, 0.3) is 5.91 Å². The van der Waals surface area contributed by atoms with E-state index in [1.807, 2.05) is 11.0 Å². The molecule has 5 heteroatoms. The van der Waals surface area contributed by atoms with E-state index in [1.165, 1.54) is 16.8 Å². The lowest BCUT2D eigenvalue weighted by atomic mass is 10.1. The first kappa shape index (κ1) is 19.2. The van der Waals surface area contributed by atoms with Gasteiger partial charge in [0.15, 0.2) is 0 Å². The lowest BCUT2D eigenvalue weighted by Gasteiger charge is -2.37. The second-order valence-electron chi connectivity index (χ2n) is 7.38. The summed E-state index contributed by atoms with van der Waals surface area (Å²) < 4.78 is 0. The molecule has 1 unspecified atom stereocenters. The van der Waals surface area contributed by atoms with Crippen molar-refractivity contribution in [2.75, 3.05) is 36.4 Å². The second-order valence-corrected chi connectivity index (χ2v) is 7.38. The van der Waals surface area contributed by atoms with Crippen LogP contribution in [0, 0.1) is 13.8 Å². The molecule has 1 aromatic carbocycles. The predicted octanol–water partition coefficient (Wildman–Crippen LogP) is 3.87. The highest BCUT2D eigenvalue weighted by Gasteiger charge is 2.23. The SMILES string of the molecule is CCC(C)Nc1cc(C(=O)N2CCN(c3cccc(C)c3C)CC2)ccn1. The van der Waals surface area contributed by atoms with Gasteiger partial charge in [-0.1, -0.05) is 19.1 Å². The Morgan fingerprint density at radius 3 is 2.63 bits per heavy atom. The van der Waals surface area contributed by atoms with Gasteiger partial charge in [-0.2, -0.15) is 0 Å². The van der Waals surface area contributed by atoms with E-state index in [1.54, 1.807) is 12.3 Å². The summed E-state index contributed by atoms with van der Waals surface area (Å²) in [5.41, 5.74) is 4.62. The van der Waals surface area contributed by atoms with Gasteiger partial charge in [-0.25, -0.2) is 4.98 Å². The van der Waals surface area contributed by atoms with Crippen LogP contribution in [0.15, 0.2) is 36.5 Å². The molecule has 2 heterocycles. The van der Waals surface area contributed by atoms with Gasteiger partial charge in [-0.3, -0.25) is 4.79 Å². The monoisotopic (exact) mass is 366 g/mol. The number of hydrogen-bond acceptors (Lipinski definition) is 4. The normalized spacial score (nSPS) is 15.6. The summed E-state index contributed by atoms with van der Waals surface area (Å²) in [6.07, 6.45) is 2.73. The van der Waals surface area contributed by atoms with Crippen LogP contribution in [0.1, 0.15) is 41.8 Å². The van der Waals surface area contributed by atoms with E-state index in [0.29, 0.717) is 11.6 Å². The molecule has 27 heavy (non-hydrogen) atoms. The Bertz CT molecular complexity index is 797. The minimum absolute atomic E-state index is 0.0882. The molecule has 5 nitrogen and oxygen atoms in total. The Morgan fingerprint density at radius 2 is 1.93 bits per heavy atom. The first-order valence-corrected chi connectivity index (χ1v) is 9.82. The van der Waals surface area contributed by atoms with E-state index >= 15 is 0 Å². The van der Waals surface area contributed by atoms with Crippen molar-refractivity contribution in [3.05, 3.63) is 53.2 Å². The summed E-state index contributed by atoms with van der Waals surface area (Å²) in [6.45, 7) is 11.8. The van der Waals surface area contributed by atoms with E-state index in [2.05, 4.69) is 61.1 Å². The molecule has 1 atom stereocenters. The van der Waals surface area contributed by atoms with Gasteiger partial charge >= 0.3 is 0 Å². The molecule has 1 aliphatic rings. The zero-order valence-corrected chi connectivity index (χ0v) is 16.8. The lowest BCUT2D eigenvalue weighted by molar-refractivity contribution is 0.0746. The van der Waals surface area contributed by atoms with Crippen LogP contribution in [-0.4, -0.2) is 48.0 Å². The van der Waals surface area contributed by atoms with E-state index in [-0.39, 0.29) is 5.91 Å². The Labute approximate surface area is 162 Å². The molecule has 1 saturated heterocycles. The smallest absolute Gasteiger partial charge is 0.254 e. The molecule has 2 aromatic rings. The van der Waals surface area contributed by atoms with E-state index in [9.17, 15) is 4.79 Å². The van der Waals surface area contributed by atoms with Gasteiger partial charge < -0.3 is 15.1 Å². The molecule has 144 valence electrons. The highest BCUT2D eigenvalue weighted by molar-refractivity contribution is 5.95. The van der Waals surface area contributed by atoms with Crippen LogP contribution in [0.2, 0.25) is 0 Å². The fraction of sp³-hybridized carbons (Fsp3) is 0.455. The average Bonchev–Trinajstić information content (AvgIpc) is 2.70. The Kier molecular flexibility index (Phi) is 5.99. The highest BCUT2D eigenvalue weighted by atomic mass is 16.2. The molecule has 3 rings (SSSR count). The number of hydrogen-bond donors (Lipinski definition) is 1. The number of aromatic nitrogens is 1. The number of carbonyl (C=O) groups is 1. The molecule has 0 bridgehead atoms. The van der Waals surface area contributed by atoms with E-state index in [0.717, 1.165) is 38.4 Å². The largest absolute Gasteiger partial charge is 0.368 e. The zero-order chi connectivity index (χ0) is 19.4. The molecule has 1 amide bonds. The third kappa shape index (κ3) is 4.41. The molecule has 1 aliphatic heterocycles. The van der Waals surface area contributed by atoms with Crippen LogP contribution in [0.5, 0.6) is 0 Å². The number of pyridine rings is 1. The van der Waals surface area contributed by atoms with Gasteiger partial charge in [-0.05, 0) is 56.5 Å². The molecule has 1 aromatic heterocycles. The van der Waals surface area contributed by atoms with Gasteiger partial charge in [0.05, 0.1) is 0 Å². The average molecular weight is 367 g/mol. The van der Waals surface area contributed by atoms with Crippen molar-refractivity contribution in [3.63, 3.8) is 0 Å². The summed E-state index contributed by atoms with van der Waals surface area (Å²) in [7, 11) is 0. The van der Waals surface area contributed by atoms with Crippen LogP contribution < -0.4 is 10.2 Å². The number of rotatable bonds is 5. The third-order valence-electron chi connectivity index (χ3n) is 5.50. The fourth-order valence-electron chi connectivity index (χ4n) is 3.41. The maximum Gasteiger partial charge on any atom is 0.254 e. The lowest BCUT2D eigenvalue weighted by Crippen LogP contribution is -2.49. The molecule has 0 radical (unpaired) electrons. The molecular weight excluding hydrogens is 336 g/mol. The number of nitrogens with zero attached hydrogens (tertiary/aromatic N) is 3. The number of piperazine rings is 1. The van der Waals surface area contributed by atoms with Crippen molar-refractivity contribution in [2.45, 2.75) is 40.2 Å². The zero-order valence-electron chi connectivity index (χ0n) is 16.8. The second kappa shape index (κ2) is 8.42. The fourth-order valence-corrected chi connectivity index (χ4v) is 3.41. The van der Waals surface area contributed by atoms with Gasteiger partial charge in [0, 0.05) is 49.7 Å². The molecular formula is C22H30N4O. The van der Waals surface area contributed by atoms with Gasteiger partial charge in [-0.15, -0.1) is 0 Å². The molecule has 1 N–H and O–H groups in total. The molecule has 0 saturated carbocycles. The van der Waals surface area contributed by atoms with Crippen LogP contribution in [-0.2, 0) is 0 Å². The topological polar surface area (TPSA) is 48.5 Å². The van der Waals surface area contributed by atoms with Crippen molar-refractivity contribution in [1.82, 2.24) is 9.88 Å². The first-order chi connectivity index (χ1) is 13.0. The maximum atomic E-state index is 12.9. The minimum Gasteiger partial charge on any atom is -0.368 e. The summed E-state index contributed by atoms with van der Waals surface area (Å²) in [6, 6.07) is 10.4. The Hall–Kier alpha value is -2.56. The Morgan fingerprint density at radius 1 is 1.19 bits per heavy atom. The first-order valence-electron chi connectivity index (χ1n) is 9.82. The number of amides is 1. The van der Waals surface area contributed by atoms with Crippen molar-refractivity contribution in [1.29, 1.82) is 0 Å². The predicted molar refractivity (Wildman–Crippen MR) is 112 cm³/mol. The minimum atomic E-state index is 0.0882. The van der Waals surface area contributed by atoms with Gasteiger partial charge in [0.2, 0.25) is 0 Å². The van der Waals surface area contributed by atoms with E-state index in [4.69, 9.17) is 0 Å². The number of nitrogens with one attached hydrogen (secondary N) is 1. The van der Waals surface area contributed by atoms with Crippen molar-refractivity contribution in [3.8, 4) is 0 Å². The molecule has 0 aliphatic carbocycles. The summed E-state index contributed by atoms with van der Waals surface area (Å²) >= 11 is 0. The van der Waals surface area contributed by atoms with Gasteiger partial charge in [0.1, 0.15) is 5.82 Å². The third-order valence-corrected chi connectivity index (χ3v) is 5.50. The molecule has 0 spiro atoms. The summed E-state index contributed by atoms with van der Waals surface area (Å²) in [4.78, 5) is 21.6. The summed E-state index contributed by atoms with van der Waals surface area (Å²) in [5.74, 6) is 0.856. The number of carbonyl (C=O) groups excluding carboxylic acids is 1. The van der Waals surface area contributed by atoms with Crippen molar-refractivity contribution in [2.24, 2.45) is 0 Å². The standard InChI is InChI=1S/C22H30N4O/c1-5-17(3)24-21-15-19(9-10-23-21)22(27)26-13-11-25(12-14-26)20-8-6-7-16(2)18(20)4/h6-10,15,17H,5,11-14H2,1-4H3,(H,23,24). The number of anilines is 2. The highest BCUT2D eigenvalue weighted by Crippen LogP contribution is 2.24. The van der Waals surface area contributed by atoms with Crippen molar-refractivity contribution >= 4 is 17.4 Å². The van der Waals surface area contributed by atoms with Crippen LogP contribution >= 0.6 is 0 Å². The van der Waals surface area contributed by atoms with Crippen molar-refractivity contribution < 1.29 is 4.79 Å². The summed E-state index contributed by atoms with van der Waals surface area (Å²) in [5, 5.41) is 3.34. The maximum absolute atomic E-state index is 12.9.